The fraction of sp³-hybridized carbons (Fsp3) is 0.917. The molecular formula is C12H22N2S. The highest BCUT2D eigenvalue weighted by atomic mass is 32.1. The summed E-state index contributed by atoms with van der Waals surface area (Å²) >= 11 is 5.30. The quantitative estimate of drug-likeness (QED) is 0.723. The van der Waals surface area contributed by atoms with Crippen molar-refractivity contribution >= 4 is 17.3 Å². The van der Waals surface area contributed by atoms with Crippen LogP contribution in [0.15, 0.2) is 0 Å². The molecule has 2 fully saturated rings. The third kappa shape index (κ3) is 3.63. The van der Waals surface area contributed by atoms with E-state index in [9.17, 15) is 0 Å². The Kier molecular flexibility index (Phi) is 4.24. The highest BCUT2D eigenvalue weighted by Gasteiger charge is 2.17. The summed E-state index contributed by atoms with van der Waals surface area (Å²) in [7, 11) is 0. The largest absolute Gasteiger partial charge is 0.362 e. The lowest BCUT2D eigenvalue weighted by Gasteiger charge is -2.17. The molecule has 0 heterocycles. The summed E-state index contributed by atoms with van der Waals surface area (Å²) in [5.41, 5.74) is 0. The van der Waals surface area contributed by atoms with Gasteiger partial charge in [0.25, 0.3) is 0 Å². The number of hydrogen-bond donors (Lipinski definition) is 2. The summed E-state index contributed by atoms with van der Waals surface area (Å²) in [4.78, 5) is 0. The Morgan fingerprint density at radius 1 is 1.00 bits per heavy atom. The van der Waals surface area contributed by atoms with E-state index in [4.69, 9.17) is 12.2 Å². The van der Waals surface area contributed by atoms with Crippen LogP contribution in [0.25, 0.3) is 0 Å². The Balaban J connectivity index is 1.59. The zero-order valence-corrected chi connectivity index (χ0v) is 10.2. The second-order valence-electron chi connectivity index (χ2n) is 4.99. The molecule has 0 radical (unpaired) electrons. The summed E-state index contributed by atoms with van der Waals surface area (Å²) in [6.07, 6.45) is 10.9. The van der Waals surface area contributed by atoms with E-state index in [0.29, 0.717) is 6.04 Å². The molecule has 0 aromatic heterocycles. The standard InChI is InChI=1S/C12H22N2S/c15-12(14-11-7-3-4-8-11)13-9-10-5-1-2-6-10/h10-11H,1-9H2,(H2,13,14,15). The van der Waals surface area contributed by atoms with Crippen molar-refractivity contribution in [2.75, 3.05) is 6.54 Å². The summed E-state index contributed by atoms with van der Waals surface area (Å²) in [6.45, 7) is 1.08. The van der Waals surface area contributed by atoms with E-state index in [2.05, 4.69) is 10.6 Å². The highest BCUT2D eigenvalue weighted by molar-refractivity contribution is 7.80. The molecule has 0 aliphatic heterocycles. The maximum Gasteiger partial charge on any atom is 0.166 e. The Morgan fingerprint density at radius 3 is 2.27 bits per heavy atom. The second-order valence-corrected chi connectivity index (χ2v) is 5.39. The molecule has 2 saturated carbocycles. The molecule has 86 valence electrons. The fourth-order valence-corrected chi connectivity index (χ4v) is 3.01. The molecule has 0 spiro atoms. The SMILES string of the molecule is S=C(NCC1CCCC1)NC1CCCC1. The lowest BCUT2D eigenvalue weighted by Crippen LogP contribution is -2.42. The van der Waals surface area contributed by atoms with Crippen molar-refractivity contribution in [3.8, 4) is 0 Å². The van der Waals surface area contributed by atoms with Gasteiger partial charge in [0.15, 0.2) is 5.11 Å². The Morgan fingerprint density at radius 2 is 1.60 bits per heavy atom. The van der Waals surface area contributed by atoms with Gasteiger partial charge < -0.3 is 10.6 Å². The molecule has 2 nitrogen and oxygen atoms in total. The highest BCUT2D eigenvalue weighted by Crippen LogP contribution is 2.23. The van der Waals surface area contributed by atoms with Gasteiger partial charge in [-0.1, -0.05) is 25.7 Å². The molecule has 2 N–H and O–H groups in total. The minimum atomic E-state index is 0.647. The van der Waals surface area contributed by atoms with Crippen molar-refractivity contribution in [1.29, 1.82) is 0 Å². The van der Waals surface area contributed by atoms with Gasteiger partial charge in [-0.05, 0) is 43.8 Å². The molecule has 2 aliphatic carbocycles. The summed E-state index contributed by atoms with van der Waals surface area (Å²) in [5, 5.41) is 7.68. The number of nitrogens with one attached hydrogen (secondary N) is 2. The number of rotatable bonds is 3. The van der Waals surface area contributed by atoms with Crippen molar-refractivity contribution in [2.45, 2.75) is 57.4 Å². The normalized spacial score (nSPS) is 23.2. The van der Waals surface area contributed by atoms with Crippen molar-refractivity contribution in [3.63, 3.8) is 0 Å². The first-order chi connectivity index (χ1) is 7.34. The Hall–Kier alpha value is -0.310. The van der Waals surface area contributed by atoms with E-state index in [1.807, 2.05) is 0 Å². The Bertz CT molecular complexity index is 206. The molecule has 15 heavy (non-hydrogen) atoms. The van der Waals surface area contributed by atoms with E-state index >= 15 is 0 Å². The molecular weight excluding hydrogens is 204 g/mol. The molecule has 2 rings (SSSR count). The van der Waals surface area contributed by atoms with Crippen molar-refractivity contribution < 1.29 is 0 Å². The molecule has 0 aromatic rings. The zero-order valence-electron chi connectivity index (χ0n) is 9.43. The van der Waals surface area contributed by atoms with Gasteiger partial charge >= 0.3 is 0 Å². The molecule has 0 amide bonds. The van der Waals surface area contributed by atoms with Crippen LogP contribution in [0.4, 0.5) is 0 Å². The van der Waals surface area contributed by atoms with Gasteiger partial charge in [0, 0.05) is 12.6 Å². The topological polar surface area (TPSA) is 24.1 Å². The van der Waals surface area contributed by atoms with E-state index < -0.39 is 0 Å². The fourth-order valence-electron chi connectivity index (χ4n) is 2.76. The van der Waals surface area contributed by atoms with Crippen LogP contribution in [-0.2, 0) is 0 Å². The van der Waals surface area contributed by atoms with Crippen LogP contribution in [0.5, 0.6) is 0 Å². The van der Waals surface area contributed by atoms with Crippen molar-refractivity contribution in [3.05, 3.63) is 0 Å². The number of thiocarbonyl (C=S) groups is 1. The first-order valence-corrected chi connectivity index (χ1v) is 6.80. The average Bonchev–Trinajstić information content (AvgIpc) is 2.86. The van der Waals surface area contributed by atoms with Gasteiger partial charge in [-0.25, -0.2) is 0 Å². The Labute approximate surface area is 98.2 Å². The third-order valence-electron chi connectivity index (χ3n) is 3.72. The van der Waals surface area contributed by atoms with Crippen LogP contribution in [-0.4, -0.2) is 17.7 Å². The van der Waals surface area contributed by atoms with E-state index in [1.54, 1.807) is 0 Å². The van der Waals surface area contributed by atoms with Gasteiger partial charge in [-0.3, -0.25) is 0 Å². The minimum Gasteiger partial charge on any atom is -0.362 e. The third-order valence-corrected chi connectivity index (χ3v) is 3.98. The van der Waals surface area contributed by atoms with Crippen molar-refractivity contribution in [2.24, 2.45) is 5.92 Å². The first-order valence-electron chi connectivity index (χ1n) is 6.39. The number of hydrogen-bond acceptors (Lipinski definition) is 1. The lowest BCUT2D eigenvalue weighted by atomic mass is 10.1. The smallest absolute Gasteiger partial charge is 0.166 e. The van der Waals surface area contributed by atoms with Crippen LogP contribution in [0.1, 0.15) is 51.4 Å². The van der Waals surface area contributed by atoms with Crippen LogP contribution in [0.2, 0.25) is 0 Å². The van der Waals surface area contributed by atoms with Crippen LogP contribution < -0.4 is 10.6 Å². The molecule has 0 saturated heterocycles. The molecule has 0 atom stereocenters. The second kappa shape index (κ2) is 5.69. The predicted molar refractivity (Wildman–Crippen MR) is 68.0 cm³/mol. The summed E-state index contributed by atoms with van der Waals surface area (Å²) < 4.78 is 0. The van der Waals surface area contributed by atoms with Gasteiger partial charge in [0.05, 0.1) is 0 Å². The first kappa shape index (κ1) is 11.2. The van der Waals surface area contributed by atoms with Gasteiger partial charge in [0.1, 0.15) is 0 Å². The van der Waals surface area contributed by atoms with Gasteiger partial charge in [-0.15, -0.1) is 0 Å². The maximum atomic E-state index is 5.30. The van der Waals surface area contributed by atoms with Crippen LogP contribution in [0, 0.1) is 5.92 Å². The average molecular weight is 226 g/mol. The molecule has 0 unspecified atom stereocenters. The van der Waals surface area contributed by atoms with Gasteiger partial charge in [0.2, 0.25) is 0 Å². The van der Waals surface area contributed by atoms with Crippen LogP contribution in [0.3, 0.4) is 0 Å². The molecule has 0 bridgehead atoms. The minimum absolute atomic E-state index is 0.647. The van der Waals surface area contributed by atoms with E-state index in [0.717, 1.165) is 17.6 Å². The lowest BCUT2D eigenvalue weighted by molar-refractivity contribution is 0.527. The molecule has 2 aliphatic rings. The molecule has 3 heteroatoms. The van der Waals surface area contributed by atoms with Crippen LogP contribution >= 0.6 is 12.2 Å². The monoisotopic (exact) mass is 226 g/mol. The summed E-state index contributed by atoms with van der Waals surface area (Å²) in [5.74, 6) is 0.869. The zero-order chi connectivity index (χ0) is 10.5. The van der Waals surface area contributed by atoms with Gasteiger partial charge in [-0.2, -0.15) is 0 Å². The molecule has 0 aromatic carbocycles. The maximum absolute atomic E-state index is 5.30. The predicted octanol–water partition coefficient (Wildman–Crippen LogP) is 2.58. The van der Waals surface area contributed by atoms with Crippen molar-refractivity contribution in [1.82, 2.24) is 10.6 Å². The van der Waals surface area contributed by atoms with E-state index in [1.165, 1.54) is 51.4 Å². The summed E-state index contributed by atoms with van der Waals surface area (Å²) in [6, 6.07) is 0.647. The van der Waals surface area contributed by atoms with E-state index in [-0.39, 0.29) is 0 Å².